The van der Waals surface area contributed by atoms with Crippen LogP contribution in [0.3, 0.4) is 0 Å². The second-order valence-corrected chi connectivity index (χ2v) is 5.34. The number of carboxylic acids is 1. The van der Waals surface area contributed by atoms with Crippen LogP contribution in [0.2, 0.25) is 0 Å². The highest BCUT2D eigenvalue weighted by Gasteiger charge is 2.20. The van der Waals surface area contributed by atoms with Crippen LogP contribution in [0.25, 0.3) is 0 Å². The quantitative estimate of drug-likeness (QED) is 0.910. The van der Waals surface area contributed by atoms with Gasteiger partial charge in [0, 0.05) is 32.6 Å². The monoisotopic (exact) mass is 278 g/mol. The van der Waals surface area contributed by atoms with Gasteiger partial charge in [0.25, 0.3) is 5.56 Å². The van der Waals surface area contributed by atoms with Crippen molar-refractivity contribution in [2.45, 2.75) is 45.6 Å². The molecule has 0 atom stereocenters. The standard InChI is InChI=1S/C15H22N2O3/c1-3-11-10-13(18)17-9-5-4-8-16(2)15(17)12(11)6-7-14(19)20/h10H,3-9H2,1-2H3,(H,19,20). The van der Waals surface area contributed by atoms with Crippen molar-refractivity contribution in [3.05, 3.63) is 27.5 Å². The lowest BCUT2D eigenvalue weighted by Crippen LogP contribution is -2.29. The molecule has 0 amide bonds. The van der Waals surface area contributed by atoms with Crippen molar-refractivity contribution in [3.8, 4) is 0 Å². The highest BCUT2D eigenvalue weighted by atomic mass is 16.4. The fourth-order valence-corrected chi connectivity index (χ4v) is 2.92. The minimum atomic E-state index is -0.798. The van der Waals surface area contributed by atoms with Gasteiger partial charge in [-0.2, -0.15) is 0 Å². The molecule has 2 heterocycles. The predicted molar refractivity (Wildman–Crippen MR) is 78.5 cm³/mol. The van der Waals surface area contributed by atoms with Crippen molar-refractivity contribution in [1.82, 2.24) is 4.57 Å². The number of hydrogen-bond donors (Lipinski definition) is 1. The number of fused-ring (bicyclic) bond motifs is 1. The first kappa shape index (κ1) is 14.6. The molecular formula is C15H22N2O3. The Bertz CT molecular complexity index is 563. The molecule has 5 heteroatoms. The lowest BCUT2D eigenvalue weighted by atomic mass is 10.0. The van der Waals surface area contributed by atoms with Crippen LogP contribution in [0.15, 0.2) is 10.9 Å². The van der Waals surface area contributed by atoms with E-state index in [1.54, 1.807) is 6.07 Å². The fourth-order valence-electron chi connectivity index (χ4n) is 2.92. The third-order valence-corrected chi connectivity index (χ3v) is 3.93. The van der Waals surface area contributed by atoms with Gasteiger partial charge < -0.3 is 10.0 Å². The minimum absolute atomic E-state index is 0.0321. The molecule has 0 saturated carbocycles. The number of carbonyl (C=O) groups is 1. The normalized spacial score (nSPS) is 14.8. The molecule has 0 aliphatic carbocycles. The molecule has 1 aromatic heterocycles. The molecule has 0 unspecified atom stereocenters. The summed E-state index contributed by atoms with van der Waals surface area (Å²) in [5, 5.41) is 8.94. The van der Waals surface area contributed by atoms with Crippen molar-refractivity contribution in [2.75, 3.05) is 18.5 Å². The van der Waals surface area contributed by atoms with E-state index in [9.17, 15) is 9.59 Å². The molecule has 0 bridgehead atoms. The number of aryl methyl sites for hydroxylation is 1. The Morgan fingerprint density at radius 3 is 2.70 bits per heavy atom. The zero-order chi connectivity index (χ0) is 14.7. The molecule has 0 fully saturated rings. The summed E-state index contributed by atoms with van der Waals surface area (Å²) in [7, 11) is 1.99. The van der Waals surface area contributed by atoms with Gasteiger partial charge in [0.15, 0.2) is 0 Å². The maximum Gasteiger partial charge on any atom is 0.303 e. The molecular weight excluding hydrogens is 256 g/mol. The molecule has 1 aliphatic heterocycles. The Hall–Kier alpha value is -1.78. The van der Waals surface area contributed by atoms with Gasteiger partial charge in [-0.1, -0.05) is 6.92 Å². The smallest absolute Gasteiger partial charge is 0.303 e. The van der Waals surface area contributed by atoms with E-state index in [2.05, 4.69) is 4.90 Å². The first-order valence-corrected chi connectivity index (χ1v) is 7.23. The fraction of sp³-hybridized carbons (Fsp3) is 0.600. The average molecular weight is 278 g/mol. The van der Waals surface area contributed by atoms with E-state index in [1.807, 2.05) is 18.5 Å². The number of nitrogens with zero attached hydrogens (tertiary/aromatic N) is 2. The van der Waals surface area contributed by atoms with Crippen molar-refractivity contribution < 1.29 is 9.90 Å². The van der Waals surface area contributed by atoms with E-state index in [-0.39, 0.29) is 12.0 Å². The Morgan fingerprint density at radius 2 is 2.05 bits per heavy atom. The first-order chi connectivity index (χ1) is 9.54. The van der Waals surface area contributed by atoms with Crippen LogP contribution in [0.1, 0.15) is 37.3 Å². The minimum Gasteiger partial charge on any atom is -0.481 e. The number of pyridine rings is 1. The number of anilines is 1. The van der Waals surface area contributed by atoms with E-state index in [0.29, 0.717) is 6.42 Å². The summed E-state index contributed by atoms with van der Waals surface area (Å²) >= 11 is 0. The van der Waals surface area contributed by atoms with Gasteiger partial charge in [0.05, 0.1) is 0 Å². The van der Waals surface area contributed by atoms with Gasteiger partial charge in [0.2, 0.25) is 0 Å². The average Bonchev–Trinajstić information content (AvgIpc) is 2.60. The Morgan fingerprint density at radius 1 is 1.35 bits per heavy atom. The van der Waals surface area contributed by atoms with E-state index in [1.165, 1.54) is 0 Å². The molecule has 20 heavy (non-hydrogen) atoms. The molecule has 0 saturated heterocycles. The van der Waals surface area contributed by atoms with Gasteiger partial charge in [-0.05, 0) is 36.8 Å². The van der Waals surface area contributed by atoms with Gasteiger partial charge in [0.1, 0.15) is 5.82 Å². The maximum absolute atomic E-state index is 12.3. The van der Waals surface area contributed by atoms with E-state index in [0.717, 1.165) is 49.3 Å². The van der Waals surface area contributed by atoms with Crippen molar-refractivity contribution >= 4 is 11.8 Å². The number of carboxylic acid groups (broad SMARTS) is 1. The Kier molecular flexibility index (Phi) is 4.47. The molecule has 5 nitrogen and oxygen atoms in total. The van der Waals surface area contributed by atoms with Crippen molar-refractivity contribution in [3.63, 3.8) is 0 Å². The SMILES string of the molecule is CCc1cc(=O)n2c(c1CCC(=O)O)N(C)CCCC2. The first-order valence-electron chi connectivity index (χ1n) is 7.23. The predicted octanol–water partition coefficient (Wildman–Crippen LogP) is 1.66. The van der Waals surface area contributed by atoms with Gasteiger partial charge >= 0.3 is 5.97 Å². The second-order valence-electron chi connectivity index (χ2n) is 5.34. The lowest BCUT2D eigenvalue weighted by Gasteiger charge is -2.25. The number of aliphatic carboxylic acids is 1. The largest absolute Gasteiger partial charge is 0.481 e. The zero-order valence-corrected chi connectivity index (χ0v) is 12.2. The van der Waals surface area contributed by atoms with Crippen LogP contribution in [-0.2, 0) is 24.2 Å². The molecule has 1 aromatic rings. The number of rotatable bonds is 4. The van der Waals surface area contributed by atoms with Gasteiger partial charge in [-0.15, -0.1) is 0 Å². The summed E-state index contributed by atoms with van der Waals surface area (Å²) in [6.07, 6.45) is 3.38. The lowest BCUT2D eigenvalue weighted by molar-refractivity contribution is -0.136. The van der Waals surface area contributed by atoms with Gasteiger partial charge in [-0.3, -0.25) is 14.2 Å². The summed E-state index contributed by atoms with van der Waals surface area (Å²) in [6.45, 7) is 3.64. The van der Waals surface area contributed by atoms with Crippen LogP contribution in [0.5, 0.6) is 0 Å². The van der Waals surface area contributed by atoms with Crippen LogP contribution in [-0.4, -0.2) is 29.2 Å². The zero-order valence-electron chi connectivity index (χ0n) is 12.2. The summed E-state index contributed by atoms with van der Waals surface area (Å²) in [5.41, 5.74) is 2.04. The molecule has 110 valence electrons. The summed E-state index contributed by atoms with van der Waals surface area (Å²) < 4.78 is 1.81. The maximum atomic E-state index is 12.3. The number of aromatic nitrogens is 1. The summed E-state index contributed by atoms with van der Waals surface area (Å²) in [6, 6.07) is 1.68. The summed E-state index contributed by atoms with van der Waals surface area (Å²) in [5.74, 6) is 0.126. The highest BCUT2D eigenvalue weighted by molar-refractivity contribution is 5.68. The van der Waals surface area contributed by atoms with Crippen molar-refractivity contribution in [1.29, 1.82) is 0 Å². The second kappa shape index (κ2) is 6.11. The molecule has 0 radical (unpaired) electrons. The van der Waals surface area contributed by atoms with Crippen LogP contribution >= 0.6 is 0 Å². The van der Waals surface area contributed by atoms with Crippen LogP contribution in [0.4, 0.5) is 5.82 Å². The highest BCUT2D eigenvalue weighted by Crippen LogP contribution is 2.26. The molecule has 1 N–H and O–H groups in total. The molecule has 0 aromatic carbocycles. The van der Waals surface area contributed by atoms with Gasteiger partial charge in [-0.25, -0.2) is 0 Å². The molecule has 2 rings (SSSR count). The molecule has 0 spiro atoms. The Balaban J connectivity index is 2.56. The van der Waals surface area contributed by atoms with Crippen LogP contribution < -0.4 is 10.5 Å². The van der Waals surface area contributed by atoms with E-state index in [4.69, 9.17) is 5.11 Å². The topological polar surface area (TPSA) is 62.5 Å². The summed E-state index contributed by atoms with van der Waals surface area (Å²) in [4.78, 5) is 25.2. The third-order valence-electron chi connectivity index (χ3n) is 3.93. The van der Waals surface area contributed by atoms with E-state index < -0.39 is 5.97 Å². The Labute approximate surface area is 118 Å². The number of hydrogen-bond acceptors (Lipinski definition) is 3. The third kappa shape index (κ3) is 2.86. The van der Waals surface area contributed by atoms with Crippen molar-refractivity contribution in [2.24, 2.45) is 0 Å². The molecule has 1 aliphatic rings. The van der Waals surface area contributed by atoms with E-state index >= 15 is 0 Å². The van der Waals surface area contributed by atoms with Crippen LogP contribution in [0, 0.1) is 0 Å².